The van der Waals surface area contributed by atoms with Gasteiger partial charge in [0.2, 0.25) is 0 Å². The summed E-state index contributed by atoms with van der Waals surface area (Å²) in [5.74, 6) is 1.55. The topological polar surface area (TPSA) is 107 Å². The number of hydrogen-bond acceptors (Lipinski definition) is 8. The van der Waals surface area contributed by atoms with Crippen molar-refractivity contribution in [1.29, 1.82) is 0 Å². The molecule has 2 heterocycles. The Kier molecular flexibility index (Phi) is 6.71. The van der Waals surface area contributed by atoms with Crippen molar-refractivity contribution in [2.45, 2.75) is 13.5 Å². The number of aromatic nitrogens is 3. The Hall–Kier alpha value is -3.66. The van der Waals surface area contributed by atoms with Gasteiger partial charge in [0.05, 0.1) is 25.5 Å². The smallest absolute Gasteiger partial charge is 0.293 e. The molecule has 2 aromatic heterocycles. The van der Waals surface area contributed by atoms with Crippen LogP contribution >= 0.6 is 0 Å². The van der Waals surface area contributed by atoms with Crippen molar-refractivity contribution in [3.63, 3.8) is 0 Å². The van der Waals surface area contributed by atoms with Gasteiger partial charge in [-0.25, -0.2) is 0 Å². The van der Waals surface area contributed by atoms with Crippen LogP contribution in [-0.4, -0.2) is 66.8 Å². The Morgan fingerprint density at radius 2 is 1.81 bits per heavy atom. The molecule has 3 rings (SSSR count). The highest BCUT2D eigenvalue weighted by Gasteiger charge is 2.17. The average molecular weight is 427 g/mol. The van der Waals surface area contributed by atoms with Gasteiger partial charge in [0, 0.05) is 18.3 Å². The molecule has 0 aliphatic heterocycles. The van der Waals surface area contributed by atoms with E-state index in [0.717, 1.165) is 16.7 Å². The number of carbonyl (C=O) groups is 2. The molecule has 0 aliphatic carbocycles. The SMILES string of the molecule is COc1cc(-c2cc(NC(=O)COC=O)c3nnc(C)n3c2)cc(OC)c1CN(C)C. The second-order valence-electron chi connectivity index (χ2n) is 7.14. The first-order valence-corrected chi connectivity index (χ1v) is 9.48. The summed E-state index contributed by atoms with van der Waals surface area (Å²) in [6.45, 7) is 2.29. The molecule has 0 spiro atoms. The van der Waals surface area contributed by atoms with Crippen molar-refractivity contribution in [2.24, 2.45) is 0 Å². The molecule has 0 aliphatic rings. The molecule has 3 aromatic rings. The summed E-state index contributed by atoms with van der Waals surface area (Å²) in [5, 5.41) is 11.0. The summed E-state index contributed by atoms with van der Waals surface area (Å²) in [4.78, 5) is 24.5. The van der Waals surface area contributed by atoms with E-state index in [1.807, 2.05) is 44.2 Å². The molecule has 0 fully saturated rings. The average Bonchev–Trinajstić information content (AvgIpc) is 3.13. The maximum Gasteiger partial charge on any atom is 0.293 e. The second kappa shape index (κ2) is 9.43. The number of aryl methyl sites for hydroxylation is 1. The van der Waals surface area contributed by atoms with Crippen LogP contribution in [0.2, 0.25) is 0 Å². The van der Waals surface area contributed by atoms with Gasteiger partial charge < -0.3 is 24.4 Å². The molecular weight excluding hydrogens is 402 g/mol. The van der Waals surface area contributed by atoms with Crippen LogP contribution < -0.4 is 14.8 Å². The van der Waals surface area contributed by atoms with Crippen LogP contribution in [-0.2, 0) is 20.9 Å². The van der Waals surface area contributed by atoms with Gasteiger partial charge in [0.25, 0.3) is 12.4 Å². The van der Waals surface area contributed by atoms with Gasteiger partial charge in [0.15, 0.2) is 12.3 Å². The molecule has 0 atom stereocenters. The minimum atomic E-state index is -0.483. The van der Waals surface area contributed by atoms with Crippen LogP contribution in [0.3, 0.4) is 0 Å². The lowest BCUT2D eigenvalue weighted by Crippen LogP contribution is -2.18. The highest BCUT2D eigenvalue weighted by molar-refractivity contribution is 5.96. The van der Waals surface area contributed by atoms with E-state index in [1.165, 1.54) is 0 Å². The number of pyridine rings is 1. The fourth-order valence-electron chi connectivity index (χ4n) is 3.27. The maximum absolute atomic E-state index is 12.1. The van der Waals surface area contributed by atoms with E-state index in [9.17, 15) is 9.59 Å². The molecule has 0 unspecified atom stereocenters. The van der Waals surface area contributed by atoms with Gasteiger partial charge in [-0.05, 0) is 44.8 Å². The number of hydrogen-bond donors (Lipinski definition) is 1. The number of nitrogens with one attached hydrogen (secondary N) is 1. The van der Waals surface area contributed by atoms with Crippen molar-refractivity contribution < 1.29 is 23.8 Å². The first kappa shape index (κ1) is 22.0. The Bertz CT molecular complexity index is 1080. The molecule has 31 heavy (non-hydrogen) atoms. The Morgan fingerprint density at radius 3 is 2.39 bits per heavy atom. The van der Waals surface area contributed by atoms with Gasteiger partial charge in [0.1, 0.15) is 17.3 Å². The number of carbonyl (C=O) groups excluding carboxylic acids is 2. The van der Waals surface area contributed by atoms with E-state index < -0.39 is 12.5 Å². The van der Waals surface area contributed by atoms with Crippen LogP contribution in [0.5, 0.6) is 11.5 Å². The second-order valence-corrected chi connectivity index (χ2v) is 7.14. The Morgan fingerprint density at radius 1 is 1.13 bits per heavy atom. The third-order valence-electron chi connectivity index (χ3n) is 4.65. The van der Waals surface area contributed by atoms with E-state index in [1.54, 1.807) is 24.7 Å². The van der Waals surface area contributed by atoms with Gasteiger partial charge in [-0.1, -0.05) is 0 Å². The lowest BCUT2D eigenvalue weighted by atomic mass is 10.0. The summed E-state index contributed by atoms with van der Waals surface area (Å²) in [7, 11) is 7.17. The predicted octanol–water partition coefficient (Wildman–Crippen LogP) is 1.90. The van der Waals surface area contributed by atoms with Gasteiger partial charge in [-0.15, -0.1) is 10.2 Å². The number of rotatable bonds is 9. The molecule has 10 heteroatoms. The Balaban J connectivity index is 2.12. The molecule has 1 aromatic carbocycles. The van der Waals surface area contributed by atoms with Crippen LogP contribution in [0.4, 0.5) is 5.69 Å². The minimum absolute atomic E-state index is 0.223. The standard InChI is InChI=1S/C21H25N5O5/c1-13-23-24-21-17(22-20(28)11-31-12-27)6-15(9-26(13)21)14-7-18(29-4)16(10-25(2)3)19(8-14)30-5/h6-9,12H,10-11H2,1-5H3,(H,22,28). The molecule has 164 valence electrons. The monoisotopic (exact) mass is 427 g/mol. The largest absolute Gasteiger partial charge is 0.496 e. The number of amides is 1. The van der Waals surface area contributed by atoms with Gasteiger partial charge in [-0.3, -0.25) is 14.0 Å². The zero-order valence-corrected chi connectivity index (χ0v) is 18.1. The zero-order valence-electron chi connectivity index (χ0n) is 18.1. The van der Waals surface area contributed by atoms with Gasteiger partial charge >= 0.3 is 0 Å². The van der Waals surface area contributed by atoms with Crippen LogP contribution in [0.25, 0.3) is 16.8 Å². The van der Waals surface area contributed by atoms with E-state index in [0.29, 0.717) is 35.2 Å². The van der Waals surface area contributed by atoms with E-state index >= 15 is 0 Å². The number of benzene rings is 1. The Labute approximate surface area is 179 Å². The van der Waals surface area contributed by atoms with Crippen LogP contribution in [0.1, 0.15) is 11.4 Å². The summed E-state index contributed by atoms with van der Waals surface area (Å²) in [6.07, 6.45) is 1.88. The number of nitrogens with zero attached hydrogens (tertiary/aromatic N) is 4. The highest BCUT2D eigenvalue weighted by atomic mass is 16.5. The molecule has 0 bridgehead atoms. The van der Waals surface area contributed by atoms with Crippen molar-refractivity contribution in [3.05, 3.63) is 35.8 Å². The van der Waals surface area contributed by atoms with Crippen molar-refractivity contribution in [1.82, 2.24) is 19.5 Å². The molecule has 10 nitrogen and oxygen atoms in total. The van der Waals surface area contributed by atoms with Crippen molar-refractivity contribution >= 4 is 23.7 Å². The highest BCUT2D eigenvalue weighted by Crippen LogP contribution is 2.37. The molecular formula is C21H25N5O5. The lowest BCUT2D eigenvalue weighted by Gasteiger charge is -2.19. The van der Waals surface area contributed by atoms with Crippen molar-refractivity contribution in [3.8, 4) is 22.6 Å². The molecule has 1 N–H and O–H groups in total. The van der Waals surface area contributed by atoms with Gasteiger partial charge in [-0.2, -0.15) is 0 Å². The lowest BCUT2D eigenvalue weighted by molar-refractivity contribution is -0.135. The first-order chi connectivity index (χ1) is 14.9. The third-order valence-corrected chi connectivity index (χ3v) is 4.65. The first-order valence-electron chi connectivity index (χ1n) is 9.48. The summed E-state index contributed by atoms with van der Waals surface area (Å²) >= 11 is 0. The minimum Gasteiger partial charge on any atom is -0.496 e. The normalized spacial score (nSPS) is 10.9. The van der Waals surface area contributed by atoms with E-state index in [-0.39, 0.29) is 6.47 Å². The molecule has 1 amide bonds. The van der Waals surface area contributed by atoms with Crippen molar-refractivity contribution in [2.75, 3.05) is 40.2 Å². The number of ether oxygens (including phenoxy) is 3. The summed E-state index contributed by atoms with van der Waals surface area (Å²) in [5.41, 5.74) is 3.46. The summed E-state index contributed by atoms with van der Waals surface area (Å²) < 4.78 is 17.6. The van der Waals surface area contributed by atoms with E-state index in [2.05, 4.69) is 20.3 Å². The molecule has 0 saturated carbocycles. The predicted molar refractivity (Wildman–Crippen MR) is 114 cm³/mol. The zero-order chi connectivity index (χ0) is 22.5. The third kappa shape index (κ3) is 4.75. The van der Waals surface area contributed by atoms with Crippen LogP contribution in [0, 0.1) is 6.92 Å². The quantitative estimate of drug-likeness (QED) is 0.516. The fourth-order valence-corrected chi connectivity index (χ4v) is 3.27. The molecule has 0 saturated heterocycles. The number of fused-ring (bicyclic) bond motifs is 1. The summed E-state index contributed by atoms with van der Waals surface area (Å²) in [6, 6.07) is 5.62. The maximum atomic E-state index is 12.1. The number of anilines is 1. The molecule has 0 radical (unpaired) electrons. The van der Waals surface area contributed by atoms with Crippen LogP contribution in [0.15, 0.2) is 24.4 Å². The van der Waals surface area contributed by atoms with E-state index in [4.69, 9.17) is 9.47 Å². The number of methoxy groups -OCH3 is 2. The fraction of sp³-hybridized carbons (Fsp3) is 0.333.